The van der Waals surface area contributed by atoms with Crippen LogP contribution >= 0.6 is 0 Å². The third-order valence-electron chi connectivity index (χ3n) is 0.897. The first-order chi connectivity index (χ1) is 4.24. The highest BCUT2D eigenvalue weighted by Gasteiger charge is 1.99. The zero-order valence-electron chi connectivity index (χ0n) is 4.87. The second-order valence-electron chi connectivity index (χ2n) is 1.53. The van der Waals surface area contributed by atoms with Crippen LogP contribution in [0.25, 0.3) is 0 Å². The molecule has 1 aromatic heterocycles. The molecule has 0 atom stereocenters. The predicted octanol–water partition coefficient (Wildman–Crippen LogP) is -0.731. The molecule has 9 heavy (non-hydrogen) atoms. The Labute approximate surface area is 51.7 Å². The highest BCUT2D eigenvalue weighted by Crippen LogP contribution is 1.93. The third kappa shape index (κ3) is 0.817. The number of nitrogen functional groups attached to an aromatic ring is 1. The van der Waals surface area contributed by atoms with Gasteiger partial charge in [-0.1, -0.05) is 0 Å². The molecule has 1 heterocycles. The maximum atomic E-state index is 8.23. The van der Waals surface area contributed by atoms with Crippen molar-refractivity contribution < 1.29 is 0 Å². The van der Waals surface area contributed by atoms with Gasteiger partial charge in [-0.25, -0.2) is 4.68 Å². The van der Waals surface area contributed by atoms with Gasteiger partial charge in [0.1, 0.15) is 6.07 Å². The highest BCUT2D eigenvalue weighted by atomic mass is 15.4. The van der Waals surface area contributed by atoms with Gasteiger partial charge in [0, 0.05) is 7.05 Å². The fraction of sp³-hybridized carbons (Fsp3) is 0.250. The molecule has 0 saturated heterocycles. The maximum Gasteiger partial charge on any atom is 0.253 e. The number of anilines is 1. The summed E-state index contributed by atoms with van der Waals surface area (Å²) in [4.78, 5) is 3.60. The fourth-order valence-electron chi connectivity index (χ4n) is 0.444. The Hall–Kier alpha value is -1.57. The standard InChI is InChI=1S/C4H5N5/c1-9-4(6)7-3(2-5)8-9/h1H3,(H2,6,7,8). The van der Waals surface area contributed by atoms with Crippen molar-refractivity contribution in [3.05, 3.63) is 5.82 Å². The van der Waals surface area contributed by atoms with Crippen molar-refractivity contribution in [2.45, 2.75) is 0 Å². The second-order valence-corrected chi connectivity index (χ2v) is 1.53. The van der Waals surface area contributed by atoms with Gasteiger partial charge in [-0.05, 0) is 0 Å². The highest BCUT2D eigenvalue weighted by molar-refractivity contribution is 5.21. The van der Waals surface area contributed by atoms with E-state index >= 15 is 0 Å². The van der Waals surface area contributed by atoms with Gasteiger partial charge in [-0.2, -0.15) is 10.2 Å². The van der Waals surface area contributed by atoms with Crippen molar-refractivity contribution in [3.63, 3.8) is 0 Å². The van der Waals surface area contributed by atoms with Crippen LogP contribution in [0.4, 0.5) is 5.95 Å². The largest absolute Gasteiger partial charge is 0.368 e. The van der Waals surface area contributed by atoms with E-state index in [1.165, 1.54) is 4.68 Å². The van der Waals surface area contributed by atoms with E-state index in [1.54, 1.807) is 13.1 Å². The molecule has 0 spiro atoms. The second kappa shape index (κ2) is 1.74. The van der Waals surface area contributed by atoms with Gasteiger partial charge in [0.25, 0.3) is 5.82 Å². The van der Waals surface area contributed by atoms with Gasteiger partial charge in [0.2, 0.25) is 5.95 Å². The van der Waals surface area contributed by atoms with E-state index in [0.717, 1.165) is 0 Å². The van der Waals surface area contributed by atoms with Crippen LogP contribution in [0.1, 0.15) is 5.82 Å². The summed E-state index contributed by atoms with van der Waals surface area (Å²) in [6.07, 6.45) is 0. The maximum absolute atomic E-state index is 8.23. The molecule has 0 saturated carbocycles. The van der Waals surface area contributed by atoms with E-state index in [9.17, 15) is 0 Å². The molecule has 46 valence electrons. The van der Waals surface area contributed by atoms with E-state index in [1.807, 2.05) is 0 Å². The zero-order chi connectivity index (χ0) is 6.85. The van der Waals surface area contributed by atoms with Crippen molar-refractivity contribution in [2.24, 2.45) is 7.05 Å². The van der Waals surface area contributed by atoms with Crippen molar-refractivity contribution in [1.29, 1.82) is 5.26 Å². The summed E-state index contributed by atoms with van der Waals surface area (Å²) in [5.41, 5.74) is 5.25. The van der Waals surface area contributed by atoms with E-state index in [4.69, 9.17) is 11.0 Å². The van der Waals surface area contributed by atoms with Crippen LogP contribution in [0.2, 0.25) is 0 Å². The van der Waals surface area contributed by atoms with Crippen LogP contribution in [0.3, 0.4) is 0 Å². The number of aryl methyl sites for hydroxylation is 1. The number of nitrogens with zero attached hydrogens (tertiary/aromatic N) is 4. The summed E-state index contributed by atoms with van der Waals surface area (Å²) in [7, 11) is 1.63. The number of hydrogen-bond donors (Lipinski definition) is 1. The van der Waals surface area contributed by atoms with Crippen molar-refractivity contribution in [3.8, 4) is 6.07 Å². The summed E-state index contributed by atoms with van der Waals surface area (Å²) < 4.78 is 1.35. The van der Waals surface area contributed by atoms with E-state index in [0.29, 0.717) is 0 Å². The van der Waals surface area contributed by atoms with Crippen molar-refractivity contribution in [1.82, 2.24) is 14.8 Å². The Bertz CT molecular complexity index is 235. The molecular formula is C4H5N5. The van der Waals surface area contributed by atoms with Gasteiger partial charge < -0.3 is 5.73 Å². The molecule has 5 nitrogen and oxygen atoms in total. The smallest absolute Gasteiger partial charge is 0.253 e. The SMILES string of the molecule is Cn1nc(C#N)nc1N. The quantitative estimate of drug-likeness (QED) is 0.493. The first kappa shape index (κ1) is 5.56. The number of nitriles is 1. The summed E-state index contributed by atoms with van der Waals surface area (Å²) in [6.45, 7) is 0. The summed E-state index contributed by atoms with van der Waals surface area (Å²) in [5.74, 6) is 0.363. The Kier molecular flexibility index (Phi) is 1.08. The number of rotatable bonds is 0. The topological polar surface area (TPSA) is 80.5 Å². The van der Waals surface area contributed by atoms with Crippen LogP contribution in [-0.4, -0.2) is 14.8 Å². The summed E-state index contributed by atoms with van der Waals surface area (Å²) >= 11 is 0. The van der Waals surface area contributed by atoms with Gasteiger partial charge >= 0.3 is 0 Å². The average Bonchev–Trinajstić information content (AvgIpc) is 2.13. The fourth-order valence-corrected chi connectivity index (χ4v) is 0.444. The van der Waals surface area contributed by atoms with Crippen LogP contribution < -0.4 is 5.73 Å². The monoisotopic (exact) mass is 123 g/mol. The molecule has 1 rings (SSSR count). The number of nitrogens with two attached hydrogens (primary N) is 1. The minimum atomic E-state index is 0.106. The summed E-state index contributed by atoms with van der Waals surface area (Å²) in [6, 6.07) is 1.77. The lowest BCUT2D eigenvalue weighted by Gasteiger charge is -1.84. The molecule has 2 N–H and O–H groups in total. The number of aromatic nitrogens is 3. The minimum Gasteiger partial charge on any atom is -0.368 e. The normalized spacial score (nSPS) is 8.89. The van der Waals surface area contributed by atoms with Crippen LogP contribution in [-0.2, 0) is 7.05 Å². The predicted molar refractivity (Wildman–Crippen MR) is 30.1 cm³/mol. The Balaban J connectivity index is 3.16. The van der Waals surface area contributed by atoms with Crippen molar-refractivity contribution >= 4 is 5.95 Å². The third-order valence-corrected chi connectivity index (χ3v) is 0.897. The first-order valence-corrected chi connectivity index (χ1v) is 2.30. The van der Waals surface area contributed by atoms with E-state index < -0.39 is 0 Å². The van der Waals surface area contributed by atoms with E-state index in [2.05, 4.69) is 10.1 Å². The van der Waals surface area contributed by atoms with Crippen LogP contribution in [0, 0.1) is 11.3 Å². The lowest BCUT2D eigenvalue weighted by Crippen LogP contribution is -1.97. The average molecular weight is 123 g/mol. The molecule has 0 aliphatic heterocycles. The molecule has 0 aliphatic carbocycles. The first-order valence-electron chi connectivity index (χ1n) is 2.30. The zero-order valence-corrected chi connectivity index (χ0v) is 4.87. The Morgan fingerprint density at radius 1 is 1.78 bits per heavy atom. The van der Waals surface area contributed by atoms with Gasteiger partial charge in [-0.15, -0.1) is 5.10 Å². The molecule has 0 fully saturated rings. The van der Waals surface area contributed by atoms with E-state index in [-0.39, 0.29) is 11.8 Å². The molecule has 5 heteroatoms. The molecular weight excluding hydrogens is 118 g/mol. The lowest BCUT2D eigenvalue weighted by atomic mass is 10.7. The molecule has 0 unspecified atom stereocenters. The minimum absolute atomic E-state index is 0.106. The van der Waals surface area contributed by atoms with Crippen LogP contribution in [0.5, 0.6) is 0 Å². The molecule has 0 aliphatic rings. The summed E-state index contributed by atoms with van der Waals surface area (Å²) in [5, 5.41) is 11.9. The molecule has 1 aromatic rings. The molecule has 0 radical (unpaired) electrons. The molecule has 0 amide bonds. The van der Waals surface area contributed by atoms with Gasteiger partial charge in [-0.3, -0.25) is 0 Å². The lowest BCUT2D eigenvalue weighted by molar-refractivity contribution is 0.773. The number of hydrogen-bond acceptors (Lipinski definition) is 4. The Morgan fingerprint density at radius 2 is 2.44 bits per heavy atom. The van der Waals surface area contributed by atoms with Gasteiger partial charge in [0.05, 0.1) is 0 Å². The van der Waals surface area contributed by atoms with Crippen molar-refractivity contribution in [2.75, 3.05) is 5.73 Å². The molecule has 0 bridgehead atoms. The van der Waals surface area contributed by atoms with Crippen LogP contribution in [0.15, 0.2) is 0 Å². The Morgan fingerprint density at radius 3 is 2.67 bits per heavy atom. The van der Waals surface area contributed by atoms with Gasteiger partial charge in [0.15, 0.2) is 0 Å². The molecule has 0 aromatic carbocycles.